The van der Waals surface area contributed by atoms with Gasteiger partial charge < -0.3 is 15.7 Å². The van der Waals surface area contributed by atoms with Crippen molar-refractivity contribution in [2.75, 3.05) is 17.2 Å². The van der Waals surface area contributed by atoms with Crippen LogP contribution in [0.2, 0.25) is 0 Å². The first-order valence-electron chi connectivity index (χ1n) is 6.24. The minimum Gasteiger partial charge on any atom is -0.478 e. The van der Waals surface area contributed by atoms with E-state index in [1.54, 1.807) is 0 Å². The molecule has 0 unspecified atom stereocenters. The molecule has 1 fully saturated rings. The molecule has 1 aromatic rings. The SMILES string of the molecule is CC(C)CN(c1ncc(C(=O)O)cc1N)C1CC1. The summed E-state index contributed by atoms with van der Waals surface area (Å²) in [6, 6.07) is 2.00. The predicted molar refractivity (Wildman–Crippen MR) is 70.8 cm³/mol. The van der Waals surface area contributed by atoms with Crippen LogP contribution in [-0.2, 0) is 0 Å². The number of hydrogen-bond donors (Lipinski definition) is 2. The van der Waals surface area contributed by atoms with Crippen LogP contribution >= 0.6 is 0 Å². The lowest BCUT2D eigenvalue weighted by atomic mass is 10.2. The molecule has 0 radical (unpaired) electrons. The molecule has 0 amide bonds. The van der Waals surface area contributed by atoms with Gasteiger partial charge >= 0.3 is 5.97 Å². The van der Waals surface area contributed by atoms with Crippen LogP contribution in [0.4, 0.5) is 11.5 Å². The first-order chi connectivity index (χ1) is 8.49. The highest BCUT2D eigenvalue weighted by atomic mass is 16.4. The molecule has 1 heterocycles. The fourth-order valence-corrected chi connectivity index (χ4v) is 2.02. The highest BCUT2D eigenvalue weighted by molar-refractivity contribution is 5.89. The molecule has 1 saturated carbocycles. The molecule has 1 aromatic heterocycles. The molecular weight excluding hydrogens is 230 g/mol. The molecule has 98 valence electrons. The second kappa shape index (κ2) is 4.84. The summed E-state index contributed by atoms with van der Waals surface area (Å²) < 4.78 is 0. The maximum absolute atomic E-state index is 10.8. The van der Waals surface area contributed by atoms with E-state index in [0.29, 0.717) is 17.6 Å². The molecule has 2 rings (SSSR count). The van der Waals surface area contributed by atoms with Crippen LogP contribution in [0, 0.1) is 5.92 Å². The minimum atomic E-state index is -0.998. The van der Waals surface area contributed by atoms with Crippen molar-refractivity contribution < 1.29 is 9.90 Å². The maximum atomic E-state index is 10.8. The van der Waals surface area contributed by atoms with E-state index in [4.69, 9.17) is 10.8 Å². The second-order valence-electron chi connectivity index (χ2n) is 5.22. The number of nitrogen functional groups attached to an aromatic ring is 1. The van der Waals surface area contributed by atoms with Gasteiger partial charge in [0.1, 0.15) is 0 Å². The number of aromatic nitrogens is 1. The average molecular weight is 249 g/mol. The van der Waals surface area contributed by atoms with Crippen molar-refractivity contribution in [2.24, 2.45) is 5.92 Å². The van der Waals surface area contributed by atoms with E-state index in [9.17, 15) is 4.79 Å². The number of carboxylic acids is 1. The van der Waals surface area contributed by atoms with E-state index in [0.717, 1.165) is 25.2 Å². The van der Waals surface area contributed by atoms with Crippen LogP contribution in [0.15, 0.2) is 12.3 Å². The molecule has 3 N–H and O–H groups in total. The summed E-state index contributed by atoms with van der Waals surface area (Å²) >= 11 is 0. The third-order valence-electron chi connectivity index (χ3n) is 2.96. The van der Waals surface area contributed by atoms with Gasteiger partial charge in [0.2, 0.25) is 0 Å². The molecular formula is C13H19N3O2. The third kappa shape index (κ3) is 2.72. The molecule has 0 aromatic carbocycles. The number of anilines is 2. The van der Waals surface area contributed by atoms with E-state index in [1.165, 1.54) is 12.3 Å². The van der Waals surface area contributed by atoms with Crippen molar-refractivity contribution in [1.82, 2.24) is 4.98 Å². The highest BCUT2D eigenvalue weighted by Gasteiger charge is 2.31. The highest BCUT2D eigenvalue weighted by Crippen LogP contribution is 2.34. The standard InChI is InChI=1S/C13H19N3O2/c1-8(2)7-16(10-3-4-10)12-11(14)5-9(6-15-12)13(17)18/h5-6,8,10H,3-4,7,14H2,1-2H3,(H,17,18). The number of nitrogens with zero attached hydrogens (tertiary/aromatic N) is 2. The molecule has 18 heavy (non-hydrogen) atoms. The van der Waals surface area contributed by atoms with Crippen molar-refractivity contribution in [1.29, 1.82) is 0 Å². The van der Waals surface area contributed by atoms with Gasteiger partial charge in [-0.05, 0) is 24.8 Å². The Bertz CT molecular complexity index is 456. The van der Waals surface area contributed by atoms with Crippen LogP contribution in [0.1, 0.15) is 37.0 Å². The molecule has 1 aliphatic rings. The number of pyridine rings is 1. The minimum absolute atomic E-state index is 0.136. The Morgan fingerprint density at radius 3 is 2.72 bits per heavy atom. The number of carboxylic acid groups (broad SMARTS) is 1. The molecule has 0 saturated heterocycles. The molecule has 0 bridgehead atoms. The Hall–Kier alpha value is -1.78. The van der Waals surface area contributed by atoms with Gasteiger partial charge in [0.25, 0.3) is 0 Å². The van der Waals surface area contributed by atoms with Gasteiger partial charge in [0, 0.05) is 18.8 Å². The molecule has 0 spiro atoms. The maximum Gasteiger partial charge on any atom is 0.337 e. The van der Waals surface area contributed by atoms with E-state index in [2.05, 4.69) is 23.7 Å². The molecule has 0 atom stereocenters. The first-order valence-corrected chi connectivity index (χ1v) is 6.24. The molecule has 5 heteroatoms. The van der Waals surface area contributed by atoms with Gasteiger partial charge in [-0.1, -0.05) is 13.8 Å². The summed E-state index contributed by atoms with van der Waals surface area (Å²) in [5.41, 5.74) is 6.52. The third-order valence-corrected chi connectivity index (χ3v) is 2.96. The first kappa shape index (κ1) is 12.7. The van der Waals surface area contributed by atoms with Crippen LogP contribution < -0.4 is 10.6 Å². The fourth-order valence-electron chi connectivity index (χ4n) is 2.02. The number of hydrogen-bond acceptors (Lipinski definition) is 4. The quantitative estimate of drug-likeness (QED) is 0.834. The average Bonchev–Trinajstić information content (AvgIpc) is 3.09. The number of carbonyl (C=O) groups is 1. The Morgan fingerprint density at radius 2 is 2.28 bits per heavy atom. The van der Waals surface area contributed by atoms with Gasteiger partial charge in [0.15, 0.2) is 5.82 Å². The lowest BCUT2D eigenvalue weighted by Crippen LogP contribution is -2.31. The zero-order chi connectivity index (χ0) is 13.3. The van der Waals surface area contributed by atoms with Crippen molar-refractivity contribution in [3.05, 3.63) is 17.8 Å². The van der Waals surface area contributed by atoms with Crippen LogP contribution in [0.5, 0.6) is 0 Å². The van der Waals surface area contributed by atoms with E-state index in [-0.39, 0.29) is 5.56 Å². The lowest BCUT2D eigenvalue weighted by Gasteiger charge is -2.26. The van der Waals surface area contributed by atoms with Crippen molar-refractivity contribution >= 4 is 17.5 Å². The molecule has 0 aliphatic heterocycles. The van der Waals surface area contributed by atoms with E-state index >= 15 is 0 Å². The van der Waals surface area contributed by atoms with Crippen molar-refractivity contribution in [3.63, 3.8) is 0 Å². The topological polar surface area (TPSA) is 79.5 Å². The number of rotatable bonds is 5. The van der Waals surface area contributed by atoms with Gasteiger partial charge in [-0.3, -0.25) is 0 Å². The second-order valence-corrected chi connectivity index (χ2v) is 5.22. The lowest BCUT2D eigenvalue weighted by molar-refractivity contribution is 0.0696. The Kier molecular flexibility index (Phi) is 3.41. The summed E-state index contributed by atoms with van der Waals surface area (Å²) in [7, 11) is 0. The van der Waals surface area contributed by atoms with Gasteiger partial charge in [0.05, 0.1) is 11.3 Å². The Morgan fingerprint density at radius 1 is 1.61 bits per heavy atom. The van der Waals surface area contributed by atoms with E-state index < -0.39 is 5.97 Å². The van der Waals surface area contributed by atoms with Crippen LogP contribution in [-0.4, -0.2) is 28.6 Å². The summed E-state index contributed by atoms with van der Waals surface area (Å²) in [5.74, 6) is 0.240. The Balaban J connectivity index is 2.27. The smallest absolute Gasteiger partial charge is 0.337 e. The summed E-state index contributed by atoms with van der Waals surface area (Å²) in [5, 5.41) is 8.90. The molecule has 5 nitrogen and oxygen atoms in total. The zero-order valence-corrected chi connectivity index (χ0v) is 10.8. The fraction of sp³-hybridized carbons (Fsp3) is 0.538. The van der Waals surface area contributed by atoms with Gasteiger partial charge in [-0.25, -0.2) is 9.78 Å². The molecule has 1 aliphatic carbocycles. The number of nitrogens with two attached hydrogens (primary N) is 1. The zero-order valence-electron chi connectivity index (χ0n) is 10.8. The van der Waals surface area contributed by atoms with Crippen LogP contribution in [0.25, 0.3) is 0 Å². The summed E-state index contributed by atoms with van der Waals surface area (Å²) in [6.07, 6.45) is 3.70. The predicted octanol–water partition coefficient (Wildman–Crippen LogP) is 1.99. The van der Waals surface area contributed by atoms with Gasteiger partial charge in [-0.15, -0.1) is 0 Å². The van der Waals surface area contributed by atoms with E-state index in [1.807, 2.05) is 0 Å². The summed E-state index contributed by atoms with van der Waals surface area (Å²) in [6.45, 7) is 5.20. The normalized spacial score (nSPS) is 14.8. The summed E-state index contributed by atoms with van der Waals surface area (Å²) in [4.78, 5) is 17.3. The van der Waals surface area contributed by atoms with Crippen molar-refractivity contribution in [3.8, 4) is 0 Å². The monoisotopic (exact) mass is 249 g/mol. The van der Waals surface area contributed by atoms with Crippen LogP contribution in [0.3, 0.4) is 0 Å². The Labute approximate surface area is 107 Å². The largest absolute Gasteiger partial charge is 0.478 e. The number of aromatic carboxylic acids is 1. The van der Waals surface area contributed by atoms with Crippen molar-refractivity contribution in [2.45, 2.75) is 32.7 Å². The van der Waals surface area contributed by atoms with Gasteiger partial charge in [-0.2, -0.15) is 0 Å².